The van der Waals surface area contributed by atoms with Gasteiger partial charge in [0.25, 0.3) is 5.82 Å². The van der Waals surface area contributed by atoms with E-state index in [4.69, 9.17) is 4.74 Å². The summed E-state index contributed by atoms with van der Waals surface area (Å²) in [6.07, 6.45) is 5.21. The lowest BCUT2D eigenvalue weighted by atomic mass is 10.1. The zero-order chi connectivity index (χ0) is 21.0. The maximum Gasteiger partial charge on any atom is 0.285 e. The molecule has 4 nitrogen and oxygen atoms in total. The Balaban J connectivity index is 1.57. The maximum absolute atomic E-state index is 13.9. The van der Waals surface area contributed by atoms with Crippen molar-refractivity contribution in [3.05, 3.63) is 71.1 Å². The first-order valence-corrected chi connectivity index (χ1v) is 10.7. The minimum atomic E-state index is -0.192. The van der Waals surface area contributed by atoms with Crippen LogP contribution in [0.1, 0.15) is 37.2 Å². The van der Waals surface area contributed by atoms with Crippen LogP contribution in [0.5, 0.6) is 5.75 Å². The number of fused-ring (bicyclic) bond motifs is 4. The molecule has 0 saturated heterocycles. The molecule has 2 aromatic carbocycles. The van der Waals surface area contributed by atoms with Gasteiger partial charge in [-0.3, -0.25) is 0 Å². The van der Waals surface area contributed by atoms with E-state index in [2.05, 4.69) is 66.0 Å². The lowest BCUT2D eigenvalue weighted by Gasteiger charge is -2.15. The van der Waals surface area contributed by atoms with Crippen LogP contribution in [-0.2, 0) is 13.1 Å². The Morgan fingerprint density at radius 3 is 2.67 bits per heavy atom. The number of imidazole rings is 1. The zero-order valence-corrected chi connectivity index (χ0v) is 18.0. The molecule has 2 aliphatic rings. The largest absolute Gasteiger partial charge is 0.439 e. The van der Waals surface area contributed by atoms with Crippen molar-refractivity contribution in [2.45, 2.75) is 47.2 Å². The Morgan fingerprint density at radius 2 is 1.90 bits per heavy atom. The number of hydrogen-bond donors (Lipinski definition) is 0. The molecule has 0 saturated carbocycles. The minimum absolute atomic E-state index is 0.192. The first kappa shape index (κ1) is 18.9. The van der Waals surface area contributed by atoms with Gasteiger partial charge < -0.3 is 9.64 Å². The zero-order valence-electron chi connectivity index (χ0n) is 18.0. The lowest BCUT2D eigenvalue weighted by Crippen LogP contribution is -2.35. The van der Waals surface area contributed by atoms with E-state index in [0.29, 0.717) is 0 Å². The normalized spacial score (nSPS) is 17.8. The van der Waals surface area contributed by atoms with Crippen LogP contribution in [0.2, 0.25) is 0 Å². The van der Waals surface area contributed by atoms with Gasteiger partial charge in [0.05, 0.1) is 18.8 Å². The van der Waals surface area contributed by atoms with E-state index in [1.165, 1.54) is 22.5 Å². The van der Waals surface area contributed by atoms with E-state index >= 15 is 0 Å². The fourth-order valence-electron chi connectivity index (χ4n) is 4.69. The molecule has 0 unspecified atom stereocenters. The smallest absolute Gasteiger partial charge is 0.285 e. The molecular weight excluding hydrogens is 377 g/mol. The third-order valence-electron chi connectivity index (χ3n) is 6.33. The summed E-state index contributed by atoms with van der Waals surface area (Å²) in [7, 11) is 0. The first-order valence-electron chi connectivity index (χ1n) is 10.7. The van der Waals surface area contributed by atoms with Crippen LogP contribution >= 0.6 is 0 Å². The second kappa shape index (κ2) is 7.01. The summed E-state index contributed by atoms with van der Waals surface area (Å²) in [5, 5.41) is 0. The summed E-state index contributed by atoms with van der Waals surface area (Å²) in [6.45, 7) is 11.1. The molecule has 3 heterocycles. The Hall–Kier alpha value is -3.08. The molecule has 5 rings (SSSR count). The predicted octanol–water partition coefficient (Wildman–Crippen LogP) is 5.25. The molecule has 1 aromatic heterocycles. The number of nitrogens with zero attached hydrogens (tertiary/aromatic N) is 3. The summed E-state index contributed by atoms with van der Waals surface area (Å²) in [5.74, 6) is 2.75. The van der Waals surface area contributed by atoms with Crippen molar-refractivity contribution < 1.29 is 13.7 Å². The van der Waals surface area contributed by atoms with Crippen LogP contribution in [0, 0.1) is 19.7 Å². The highest BCUT2D eigenvalue weighted by atomic mass is 19.1. The van der Waals surface area contributed by atoms with Crippen LogP contribution in [0.3, 0.4) is 0 Å². The Kier molecular flexibility index (Phi) is 4.42. The third kappa shape index (κ3) is 2.76. The van der Waals surface area contributed by atoms with Crippen molar-refractivity contribution in [1.82, 2.24) is 4.57 Å². The second-order valence-electron chi connectivity index (χ2n) is 8.05. The van der Waals surface area contributed by atoms with Gasteiger partial charge in [-0.05, 0) is 75.2 Å². The van der Waals surface area contributed by atoms with Gasteiger partial charge in [0.1, 0.15) is 5.82 Å². The fourth-order valence-corrected chi connectivity index (χ4v) is 4.69. The van der Waals surface area contributed by atoms with Crippen LogP contribution in [0.15, 0.2) is 48.4 Å². The number of aryl methyl sites for hydroxylation is 4. The summed E-state index contributed by atoms with van der Waals surface area (Å²) < 4.78 is 24.6. The van der Waals surface area contributed by atoms with Gasteiger partial charge in [-0.2, -0.15) is 0 Å². The highest BCUT2D eigenvalue weighted by molar-refractivity contribution is 5.78. The van der Waals surface area contributed by atoms with Crippen LogP contribution in [-0.4, -0.2) is 11.1 Å². The van der Waals surface area contributed by atoms with Crippen molar-refractivity contribution in [2.24, 2.45) is 0 Å². The van der Waals surface area contributed by atoms with Gasteiger partial charge in [-0.15, -0.1) is 0 Å². The maximum atomic E-state index is 13.9. The molecule has 5 heteroatoms. The highest BCUT2D eigenvalue weighted by Crippen LogP contribution is 2.41. The number of ether oxygens (including phenoxy) is 1. The minimum Gasteiger partial charge on any atom is -0.439 e. The number of benzene rings is 2. The van der Waals surface area contributed by atoms with Crippen molar-refractivity contribution in [2.75, 3.05) is 11.4 Å². The van der Waals surface area contributed by atoms with Crippen LogP contribution in [0.4, 0.5) is 10.1 Å². The number of halogens is 1. The quantitative estimate of drug-likeness (QED) is 0.556. The fraction of sp³-hybridized carbons (Fsp3) is 0.320. The van der Waals surface area contributed by atoms with E-state index < -0.39 is 0 Å². The molecule has 0 aliphatic carbocycles. The number of rotatable bonds is 3. The standard InChI is InChI=1S/C25H27FN3O/c1-5-27-22-13-16(3)17(4)14-23(22)30-24(27)10-7-18-11-12-29-20-9-8-19(26)15-21(20)28(6-2)25(18)29/h7-10,13-15H,5-6,11-12H2,1-4H3/q+1. The van der Waals surface area contributed by atoms with Gasteiger partial charge in [0.2, 0.25) is 5.88 Å². The lowest BCUT2D eigenvalue weighted by molar-refractivity contribution is -0.670. The van der Waals surface area contributed by atoms with Crippen LogP contribution < -0.4 is 14.2 Å². The molecule has 0 spiro atoms. The summed E-state index contributed by atoms with van der Waals surface area (Å²) >= 11 is 0. The molecule has 30 heavy (non-hydrogen) atoms. The topological polar surface area (TPSA) is 21.3 Å². The molecule has 154 valence electrons. The van der Waals surface area contributed by atoms with E-state index in [-0.39, 0.29) is 5.82 Å². The molecule has 0 fully saturated rings. The molecule has 3 aromatic rings. The number of hydrogen-bond acceptors (Lipinski definition) is 2. The molecule has 0 radical (unpaired) electrons. The van der Waals surface area contributed by atoms with Crippen molar-refractivity contribution in [1.29, 1.82) is 0 Å². The van der Waals surface area contributed by atoms with Crippen molar-refractivity contribution in [3.8, 4) is 5.75 Å². The van der Waals surface area contributed by atoms with Gasteiger partial charge in [0, 0.05) is 24.6 Å². The predicted molar refractivity (Wildman–Crippen MR) is 118 cm³/mol. The number of anilines is 1. The van der Waals surface area contributed by atoms with E-state index in [1.807, 2.05) is 6.07 Å². The van der Waals surface area contributed by atoms with Gasteiger partial charge >= 0.3 is 0 Å². The molecule has 0 amide bonds. The van der Waals surface area contributed by atoms with E-state index in [1.54, 1.807) is 12.1 Å². The first-order chi connectivity index (χ1) is 14.5. The number of aromatic nitrogens is 2. The summed E-state index contributed by atoms with van der Waals surface area (Å²) in [4.78, 5) is 2.21. The highest BCUT2D eigenvalue weighted by Gasteiger charge is 2.33. The van der Waals surface area contributed by atoms with Gasteiger partial charge in [-0.1, -0.05) is 0 Å². The average molecular weight is 405 g/mol. The summed E-state index contributed by atoms with van der Waals surface area (Å²) in [5.41, 5.74) is 6.94. The Bertz CT molecular complexity index is 1240. The van der Waals surface area contributed by atoms with Crippen molar-refractivity contribution in [3.63, 3.8) is 0 Å². The molecule has 0 N–H and O–H groups in total. The molecule has 0 atom stereocenters. The Labute approximate surface area is 176 Å². The average Bonchev–Trinajstić information content (AvgIpc) is 3.37. The van der Waals surface area contributed by atoms with Crippen molar-refractivity contribution >= 4 is 22.3 Å². The SMILES string of the molecule is CCN1C(=CC=C2CCn3c2[n+](CC)c2cc(F)ccc23)Oc2cc(C)c(C)cc21. The molecule has 2 aliphatic heterocycles. The monoisotopic (exact) mass is 404 g/mol. The van der Waals surface area contributed by atoms with E-state index in [9.17, 15) is 4.39 Å². The van der Waals surface area contributed by atoms with Crippen LogP contribution in [0.25, 0.3) is 16.6 Å². The second-order valence-corrected chi connectivity index (χ2v) is 8.05. The molecular formula is C25H27FN3O+. The van der Waals surface area contributed by atoms with Gasteiger partial charge in [-0.25, -0.2) is 13.5 Å². The van der Waals surface area contributed by atoms with Gasteiger partial charge in [0.15, 0.2) is 16.8 Å². The summed E-state index contributed by atoms with van der Waals surface area (Å²) in [6, 6.07) is 9.40. The number of allylic oxidation sites excluding steroid dienone is 3. The third-order valence-corrected chi connectivity index (χ3v) is 6.33. The van der Waals surface area contributed by atoms with E-state index in [0.717, 1.165) is 54.4 Å². The Morgan fingerprint density at radius 1 is 1.10 bits per heavy atom. The molecule has 0 bridgehead atoms.